The normalized spacial score (nSPS) is 21.3. The van der Waals surface area contributed by atoms with E-state index in [-0.39, 0.29) is 0 Å². The van der Waals surface area contributed by atoms with Gasteiger partial charge in [-0.15, -0.1) is 0 Å². The van der Waals surface area contributed by atoms with Crippen molar-refractivity contribution in [2.45, 2.75) is 31.5 Å². The molecule has 0 unspecified atom stereocenters. The van der Waals surface area contributed by atoms with Gasteiger partial charge >= 0.3 is 0 Å². The van der Waals surface area contributed by atoms with Gasteiger partial charge in [0.05, 0.1) is 5.69 Å². The molecular formula is C18H21FN2O2. The van der Waals surface area contributed by atoms with E-state index in [1.807, 2.05) is 6.07 Å². The number of carbonyl (C=O) groups is 1. The topological polar surface area (TPSA) is 45.3 Å². The summed E-state index contributed by atoms with van der Waals surface area (Å²) in [5.74, 6) is 0. The Hall–Kier alpha value is -1.72. The summed E-state index contributed by atoms with van der Waals surface area (Å²) in [7, 11) is 0. The van der Waals surface area contributed by atoms with Crippen LogP contribution in [0.5, 0.6) is 0 Å². The maximum absolute atomic E-state index is 14.9. The van der Waals surface area contributed by atoms with Crippen LogP contribution in [0.2, 0.25) is 0 Å². The summed E-state index contributed by atoms with van der Waals surface area (Å²) >= 11 is 0. The second kappa shape index (κ2) is 5.73. The van der Waals surface area contributed by atoms with E-state index in [0.29, 0.717) is 38.3 Å². The average molecular weight is 316 g/mol. The van der Waals surface area contributed by atoms with Gasteiger partial charge < -0.3 is 9.72 Å². The number of carbonyl (C=O) groups excluding carboxylic acids is 1. The van der Waals surface area contributed by atoms with Crippen LogP contribution in [0.1, 0.15) is 34.5 Å². The van der Waals surface area contributed by atoms with Crippen molar-refractivity contribution in [3.05, 3.63) is 35.0 Å². The first kappa shape index (κ1) is 14.8. The fourth-order valence-corrected chi connectivity index (χ4v) is 3.77. The molecule has 4 nitrogen and oxygen atoms in total. The van der Waals surface area contributed by atoms with Crippen LogP contribution in [-0.4, -0.2) is 48.1 Å². The highest BCUT2D eigenvalue weighted by Gasteiger charge is 2.35. The van der Waals surface area contributed by atoms with Crippen molar-refractivity contribution in [1.82, 2.24) is 9.88 Å². The molecular weight excluding hydrogens is 295 g/mol. The van der Waals surface area contributed by atoms with Crippen LogP contribution >= 0.6 is 0 Å². The molecule has 0 bridgehead atoms. The highest BCUT2D eigenvalue weighted by Crippen LogP contribution is 2.30. The Kier molecular flexibility index (Phi) is 3.70. The minimum absolute atomic E-state index is 0.487. The summed E-state index contributed by atoms with van der Waals surface area (Å²) in [6.45, 7) is 3.20. The molecule has 0 aliphatic carbocycles. The fraction of sp³-hybridized carbons (Fsp3) is 0.500. The summed E-state index contributed by atoms with van der Waals surface area (Å²) in [5.41, 5.74) is 3.04. The van der Waals surface area contributed by atoms with Crippen LogP contribution < -0.4 is 0 Å². The van der Waals surface area contributed by atoms with Gasteiger partial charge in [0, 0.05) is 56.6 Å². The SMILES string of the molecule is O=Cc1cc2cc3c(cc2[nH]1)CCN(CC1(F)CCOCC1)C3. The number of rotatable bonds is 3. The quantitative estimate of drug-likeness (QED) is 0.886. The molecule has 0 amide bonds. The maximum Gasteiger partial charge on any atom is 0.166 e. The molecule has 1 N–H and O–H groups in total. The number of halogens is 1. The van der Waals surface area contributed by atoms with Gasteiger partial charge in [-0.3, -0.25) is 9.69 Å². The Balaban J connectivity index is 1.55. The first-order chi connectivity index (χ1) is 11.1. The van der Waals surface area contributed by atoms with Crippen molar-refractivity contribution in [3.63, 3.8) is 0 Å². The van der Waals surface area contributed by atoms with E-state index in [2.05, 4.69) is 22.0 Å². The molecule has 1 saturated heterocycles. The van der Waals surface area contributed by atoms with Gasteiger partial charge in [0.25, 0.3) is 0 Å². The maximum atomic E-state index is 14.9. The lowest BCUT2D eigenvalue weighted by Crippen LogP contribution is -2.45. The van der Waals surface area contributed by atoms with Crippen molar-refractivity contribution >= 4 is 17.2 Å². The number of hydrogen-bond donors (Lipinski definition) is 1. The van der Waals surface area contributed by atoms with Crippen LogP contribution in [-0.2, 0) is 17.7 Å². The van der Waals surface area contributed by atoms with E-state index < -0.39 is 5.67 Å². The third kappa shape index (κ3) is 2.91. The monoisotopic (exact) mass is 316 g/mol. The first-order valence-electron chi connectivity index (χ1n) is 8.24. The molecule has 0 saturated carbocycles. The summed E-state index contributed by atoms with van der Waals surface area (Å²) in [4.78, 5) is 16.3. The Morgan fingerprint density at radius 1 is 1.26 bits per heavy atom. The van der Waals surface area contributed by atoms with Gasteiger partial charge in [0.1, 0.15) is 5.67 Å². The number of hydrogen-bond acceptors (Lipinski definition) is 3. The largest absolute Gasteiger partial charge is 0.381 e. The third-order valence-electron chi connectivity index (χ3n) is 5.08. The molecule has 0 atom stereocenters. The zero-order chi connectivity index (χ0) is 15.9. The number of aromatic amines is 1. The zero-order valence-corrected chi connectivity index (χ0v) is 13.1. The number of alkyl halides is 1. The second-order valence-electron chi connectivity index (χ2n) is 6.77. The molecule has 122 valence electrons. The van der Waals surface area contributed by atoms with E-state index >= 15 is 0 Å². The standard InChI is InChI=1S/C18H21FN2O2/c19-18(2-5-23-6-3-18)12-21-4-1-13-9-17-14(7-15(13)10-21)8-16(11-22)20-17/h7-9,11,20H,1-6,10,12H2. The third-order valence-corrected chi connectivity index (χ3v) is 5.08. The molecule has 1 aromatic heterocycles. The van der Waals surface area contributed by atoms with Crippen molar-refractivity contribution in [3.8, 4) is 0 Å². The predicted octanol–water partition coefficient (Wildman–Crippen LogP) is 2.86. The van der Waals surface area contributed by atoms with Gasteiger partial charge in [0.2, 0.25) is 0 Å². The highest BCUT2D eigenvalue weighted by molar-refractivity contribution is 5.88. The molecule has 3 heterocycles. The van der Waals surface area contributed by atoms with E-state index in [4.69, 9.17) is 4.74 Å². The number of benzene rings is 1. The molecule has 0 spiro atoms. The molecule has 0 radical (unpaired) electrons. The number of fused-ring (bicyclic) bond motifs is 2. The average Bonchev–Trinajstić information content (AvgIpc) is 2.95. The van der Waals surface area contributed by atoms with E-state index in [0.717, 1.165) is 36.7 Å². The molecule has 2 aliphatic heterocycles. The number of ether oxygens (including phenoxy) is 1. The summed E-state index contributed by atoms with van der Waals surface area (Å²) in [6, 6.07) is 6.14. The minimum atomic E-state index is -1.11. The highest BCUT2D eigenvalue weighted by atomic mass is 19.1. The van der Waals surface area contributed by atoms with Crippen LogP contribution in [0.4, 0.5) is 4.39 Å². The van der Waals surface area contributed by atoms with Gasteiger partial charge in [-0.2, -0.15) is 0 Å². The van der Waals surface area contributed by atoms with Crippen molar-refractivity contribution in [2.75, 3.05) is 26.3 Å². The van der Waals surface area contributed by atoms with Gasteiger partial charge in [-0.1, -0.05) is 0 Å². The van der Waals surface area contributed by atoms with Crippen molar-refractivity contribution in [1.29, 1.82) is 0 Å². The Bertz CT molecular complexity index is 734. The molecule has 2 aromatic rings. The predicted molar refractivity (Wildman–Crippen MR) is 86.6 cm³/mol. The zero-order valence-electron chi connectivity index (χ0n) is 13.1. The molecule has 23 heavy (non-hydrogen) atoms. The van der Waals surface area contributed by atoms with Crippen molar-refractivity contribution in [2.24, 2.45) is 0 Å². The summed E-state index contributed by atoms with van der Waals surface area (Å²) in [5, 5.41) is 1.05. The Morgan fingerprint density at radius 3 is 2.87 bits per heavy atom. The number of aldehydes is 1. The van der Waals surface area contributed by atoms with Crippen LogP contribution in [0.15, 0.2) is 18.2 Å². The van der Waals surface area contributed by atoms with E-state index in [9.17, 15) is 9.18 Å². The molecule has 2 aliphatic rings. The molecule has 1 aromatic carbocycles. The van der Waals surface area contributed by atoms with Gasteiger partial charge in [-0.05, 0) is 35.7 Å². The van der Waals surface area contributed by atoms with Gasteiger partial charge in [-0.25, -0.2) is 4.39 Å². The van der Waals surface area contributed by atoms with Crippen LogP contribution in [0.25, 0.3) is 10.9 Å². The van der Waals surface area contributed by atoms with Crippen LogP contribution in [0, 0.1) is 0 Å². The molecule has 4 rings (SSSR count). The first-order valence-corrected chi connectivity index (χ1v) is 8.24. The minimum Gasteiger partial charge on any atom is -0.381 e. The lowest BCUT2D eigenvalue weighted by atomic mass is 9.93. The number of H-pyrrole nitrogens is 1. The Morgan fingerprint density at radius 2 is 2.09 bits per heavy atom. The molecule has 1 fully saturated rings. The molecule has 5 heteroatoms. The van der Waals surface area contributed by atoms with Crippen LogP contribution in [0.3, 0.4) is 0 Å². The smallest absolute Gasteiger partial charge is 0.166 e. The number of aromatic nitrogens is 1. The number of nitrogens with zero attached hydrogens (tertiary/aromatic N) is 1. The summed E-state index contributed by atoms with van der Waals surface area (Å²) in [6.07, 6.45) is 2.75. The number of nitrogens with one attached hydrogen (secondary N) is 1. The summed E-state index contributed by atoms with van der Waals surface area (Å²) < 4.78 is 20.2. The second-order valence-corrected chi connectivity index (χ2v) is 6.77. The Labute approximate surface area is 134 Å². The van der Waals surface area contributed by atoms with Crippen molar-refractivity contribution < 1.29 is 13.9 Å². The fourth-order valence-electron chi connectivity index (χ4n) is 3.77. The van der Waals surface area contributed by atoms with E-state index in [1.54, 1.807) is 0 Å². The lowest BCUT2D eigenvalue weighted by molar-refractivity contribution is -0.0290. The van der Waals surface area contributed by atoms with Gasteiger partial charge in [0.15, 0.2) is 6.29 Å². The lowest BCUT2D eigenvalue weighted by Gasteiger charge is -2.37. The van der Waals surface area contributed by atoms with E-state index in [1.165, 1.54) is 11.1 Å².